The van der Waals surface area contributed by atoms with Crippen LogP contribution >= 0.6 is 0 Å². The fourth-order valence-electron chi connectivity index (χ4n) is 2.56. The van der Waals surface area contributed by atoms with Crippen molar-refractivity contribution in [1.29, 1.82) is 0 Å². The molecule has 0 atom stereocenters. The van der Waals surface area contributed by atoms with Gasteiger partial charge in [-0.2, -0.15) is 0 Å². The summed E-state index contributed by atoms with van der Waals surface area (Å²) < 4.78 is 5.08. The average molecular weight is 276 g/mol. The van der Waals surface area contributed by atoms with E-state index < -0.39 is 0 Å². The summed E-state index contributed by atoms with van der Waals surface area (Å²) in [7, 11) is 0. The Hall–Kier alpha value is -2.61. The lowest BCUT2D eigenvalue weighted by Gasteiger charge is -2.11. The zero-order valence-electron chi connectivity index (χ0n) is 11.9. The fourth-order valence-corrected chi connectivity index (χ4v) is 2.56. The monoisotopic (exact) mass is 276 g/mol. The van der Waals surface area contributed by atoms with Crippen LogP contribution in [0.3, 0.4) is 0 Å². The summed E-state index contributed by atoms with van der Waals surface area (Å²) in [6, 6.07) is 16.1. The summed E-state index contributed by atoms with van der Waals surface area (Å²) >= 11 is 0. The maximum Gasteiger partial charge on any atom is 0.331 e. The summed E-state index contributed by atoms with van der Waals surface area (Å²) in [4.78, 5) is 11.9. The van der Waals surface area contributed by atoms with Crippen molar-refractivity contribution in [3.05, 3.63) is 76.9 Å². The van der Waals surface area contributed by atoms with Crippen molar-refractivity contribution in [1.82, 2.24) is 0 Å². The van der Waals surface area contributed by atoms with Gasteiger partial charge < -0.3 is 4.74 Å². The first kappa shape index (κ1) is 13.4. The third-order valence-corrected chi connectivity index (χ3v) is 3.49. The van der Waals surface area contributed by atoms with Crippen molar-refractivity contribution in [2.45, 2.75) is 6.92 Å². The van der Waals surface area contributed by atoms with Crippen LogP contribution in [0.2, 0.25) is 0 Å². The zero-order valence-corrected chi connectivity index (χ0v) is 11.9. The third-order valence-electron chi connectivity index (χ3n) is 3.49. The molecule has 1 aliphatic carbocycles. The minimum Gasteiger partial charge on any atom is -0.463 e. The van der Waals surface area contributed by atoms with Crippen molar-refractivity contribution in [2.24, 2.45) is 0 Å². The number of carbonyl (C=O) groups is 1. The van der Waals surface area contributed by atoms with Gasteiger partial charge in [0.05, 0.1) is 6.61 Å². The molecule has 0 aromatic heterocycles. The number of hydrogen-bond donors (Lipinski definition) is 0. The number of benzene rings is 2. The van der Waals surface area contributed by atoms with Crippen LogP contribution in [0, 0.1) is 0 Å². The molecule has 0 fully saturated rings. The van der Waals surface area contributed by atoms with Crippen LogP contribution in [-0.2, 0) is 9.53 Å². The quantitative estimate of drug-likeness (QED) is 0.519. The normalized spacial score (nSPS) is 12.1. The Balaban J connectivity index is 2.22. The summed E-state index contributed by atoms with van der Waals surface area (Å²) in [6.07, 6.45) is 5.76. The van der Waals surface area contributed by atoms with E-state index in [2.05, 4.69) is 24.3 Å². The molecule has 0 spiro atoms. The van der Waals surface area contributed by atoms with Gasteiger partial charge in [-0.1, -0.05) is 60.7 Å². The number of esters is 1. The first-order valence-electron chi connectivity index (χ1n) is 7.05. The highest BCUT2D eigenvalue weighted by Gasteiger charge is 2.15. The molecular weight excluding hydrogens is 260 g/mol. The molecule has 0 aliphatic heterocycles. The standard InChI is InChI=1S/C19H16O2/c1-2-21-19(20)13-18-16-9-5-3-7-14(16)11-12-15-8-4-6-10-17(15)18/h3-13H,2H2,1H3. The molecule has 21 heavy (non-hydrogen) atoms. The average Bonchev–Trinajstić information content (AvgIpc) is 2.66. The lowest BCUT2D eigenvalue weighted by molar-refractivity contribution is -0.137. The second-order valence-corrected chi connectivity index (χ2v) is 4.82. The van der Waals surface area contributed by atoms with E-state index in [1.807, 2.05) is 43.3 Å². The Kier molecular flexibility index (Phi) is 3.69. The molecule has 0 bridgehead atoms. The molecule has 0 saturated heterocycles. The molecule has 2 aromatic rings. The maximum absolute atomic E-state index is 11.9. The van der Waals surface area contributed by atoms with Gasteiger partial charge in [-0.3, -0.25) is 0 Å². The van der Waals surface area contributed by atoms with Gasteiger partial charge in [0, 0.05) is 6.08 Å². The summed E-state index contributed by atoms with van der Waals surface area (Å²) in [6.45, 7) is 2.19. The molecule has 1 aliphatic rings. The van der Waals surface area contributed by atoms with Gasteiger partial charge in [0.2, 0.25) is 0 Å². The van der Waals surface area contributed by atoms with E-state index in [0.29, 0.717) is 6.61 Å². The summed E-state index contributed by atoms with van der Waals surface area (Å²) in [5.74, 6) is -0.306. The second-order valence-electron chi connectivity index (χ2n) is 4.82. The minimum absolute atomic E-state index is 0.306. The van der Waals surface area contributed by atoms with E-state index >= 15 is 0 Å². The van der Waals surface area contributed by atoms with Crippen LogP contribution in [0.25, 0.3) is 17.7 Å². The Morgan fingerprint density at radius 1 is 0.952 bits per heavy atom. The maximum atomic E-state index is 11.9. The molecular formula is C19H16O2. The van der Waals surface area contributed by atoms with Crippen molar-refractivity contribution in [3.8, 4) is 0 Å². The Bertz CT molecular complexity index is 687. The van der Waals surface area contributed by atoms with Crippen LogP contribution < -0.4 is 0 Å². The van der Waals surface area contributed by atoms with Crippen molar-refractivity contribution in [3.63, 3.8) is 0 Å². The molecule has 2 aromatic carbocycles. The lowest BCUT2D eigenvalue weighted by atomic mass is 9.93. The van der Waals surface area contributed by atoms with Crippen LogP contribution in [0.5, 0.6) is 0 Å². The highest BCUT2D eigenvalue weighted by Crippen LogP contribution is 2.33. The van der Waals surface area contributed by atoms with Gasteiger partial charge in [0.1, 0.15) is 0 Å². The Morgan fingerprint density at radius 2 is 1.48 bits per heavy atom. The number of ether oxygens (including phenoxy) is 1. The highest BCUT2D eigenvalue weighted by atomic mass is 16.5. The minimum atomic E-state index is -0.306. The topological polar surface area (TPSA) is 26.3 Å². The predicted molar refractivity (Wildman–Crippen MR) is 85.5 cm³/mol. The van der Waals surface area contributed by atoms with Gasteiger partial charge in [-0.25, -0.2) is 4.79 Å². The molecule has 2 heteroatoms. The van der Waals surface area contributed by atoms with E-state index in [1.54, 1.807) is 6.08 Å². The van der Waals surface area contributed by atoms with Crippen molar-refractivity contribution >= 4 is 23.7 Å². The molecule has 0 saturated carbocycles. The lowest BCUT2D eigenvalue weighted by Crippen LogP contribution is -2.02. The first-order chi connectivity index (χ1) is 10.3. The molecule has 0 amide bonds. The van der Waals surface area contributed by atoms with Gasteiger partial charge in [0.15, 0.2) is 0 Å². The Morgan fingerprint density at radius 3 is 2.00 bits per heavy atom. The van der Waals surface area contributed by atoms with Crippen LogP contribution in [0.1, 0.15) is 29.2 Å². The zero-order chi connectivity index (χ0) is 14.7. The number of carbonyl (C=O) groups excluding carboxylic acids is 1. The molecule has 0 radical (unpaired) electrons. The van der Waals surface area contributed by atoms with Crippen molar-refractivity contribution in [2.75, 3.05) is 6.61 Å². The predicted octanol–water partition coefficient (Wildman–Crippen LogP) is 4.17. The van der Waals surface area contributed by atoms with E-state index in [-0.39, 0.29) is 5.97 Å². The number of hydrogen-bond acceptors (Lipinski definition) is 2. The van der Waals surface area contributed by atoms with Gasteiger partial charge in [-0.05, 0) is 34.8 Å². The molecule has 0 N–H and O–H groups in total. The number of fused-ring (bicyclic) bond motifs is 2. The molecule has 2 nitrogen and oxygen atoms in total. The third kappa shape index (κ3) is 2.65. The molecule has 104 valence electrons. The van der Waals surface area contributed by atoms with Gasteiger partial charge in [0.25, 0.3) is 0 Å². The molecule has 3 rings (SSSR count). The van der Waals surface area contributed by atoms with Crippen LogP contribution in [0.4, 0.5) is 0 Å². The van der Waals surface area contributed by atoms with Gasteiger partial charge in [-0.15, -0.1) is 0 Å². The molecule has 0 heterocycles. The summed E-state index contributed by atoms with van der Waals surface area (Å²) in [5, 5.41) is 0. The van der Waals surface area contributed by atoms with E-state index in [1.165, 1.54) is 0 Å². The summed E-state index contributed by atoms with van der Waals surface area (Å²) in [5.41, 5.74) is 5.21. The highest BCUT2D eigenvalue weighted by molar-refractivity contribution is 6.01. The Labute approximate surface area is 124 Å². The van der Waals surface area contributed by atoms with E-state index in [0.717, 1.165) is 27.8 Å². The largest absolute Gasteiger partial charge is 0.463 e. The van der Waals surface area contributed by atoms with Crippen LogP contribution in [0.15, 0.2) is 54.6 Å². The first-order valence-corrected chi connectivity index (χ1v) is 7.05. The van der Waals surface area contributed by atoms with E-state index in [4.69, 9.17) is 4.74 Å². The SMILES string of the molecule is CCOC(=O)C=C1c2ccccc2C=Cc2ccccc21. The van der Waals surface area contributed by atoms with Crippen molar-refractivity contribution < 1.29 is 9.53 Å². The van der Waals surface area contributed by atoms with Crippen LogP contribution in [-0.4, -0.2) is 12.6 Å². The second kappa shape index (κ2) is 5.80. The molecule has 0 unspecified atom stereocenters. The number of rotatable bonds is 2. The fraction of sp³-hybridized carbons (Fsp3) is 0.105. The smallest absolute Gasteiger partial charge is 0.331 e. The van der Waals surface area contributed by atoms with Gasteiger partial charge >= 0.3 is 5.97 Å². The van der Waals surface area contributed by atoms with E-state index in [9.17, 15) is 4.79 Å².